The minimum absolute atomic E-state index is 0.466. The number of oxime groups is 1. The molecule has 0 aliphatic carbocycles. The number of carbonyl (C=O) groups excluding carboxylic acids is 1. The number of rotatable bonds is 6. The molecule has 0 aliphatic heterocycles. The van der Waals surface area contributed by atoms with Crippen molar-refractivity contribution in [2.45, 2.75) is 6.42 Å². The van der Waals surface area contributed by atoms with Gasteiger partial charge in [0, 0.05) is 6.42 Å². The molecule has 4 heteroatoms. The van der Waals surface area contributed by atoms with Crippen LogP contribution in [0.2, 0.25) is 0 Å². The average Bonchev–Trinajstić information content (AvgIpc) is 3.32. The van der Waals surface area contributed by atoms with Crippen molar-refractivity contribution < 1.29 is 9.63 Å². The van der Waals surface area contributed by atoms with Crippen LogP contribution in [0, 0.1) is 0 Å². The molecule has 0 saturated carbocycles. The van der Waals surface area contributed by atoms with E-state index in [-0.39, 0.29) is 0 Å². The molecule has 1 aromatic heterocycles. The Bertz CT molecular complexity index is 1100. The SMILES string of the molecule is O=C(O/N=C(\Cc1ccccc1)c1cccs1)c1ccccc1-c1ccccc1. The van der Waals surface area contributed by atoms with Crippen LogP contribution >= 0.6 is 11.3 Å². The van der Waals surface area contributed by atoms with E-state index >= 15 is 0 Å². The smallest absolute Gasteiger partial charge is 0.312 e. The van der Waals surface area contributed by atoms with Gasteiger partial charge < -0.3 is 4.84 Å². The fourth-order valence-corrected chi connectivity index (χ4v) is 3.78. The molecule has 1 heterocycles. The molecule has 0 aliphatic rings. The molecule has 0 bridgehead atoms. The molecule has 4 rings (SSSR count). The highest BCUT2D eigenvalue weighted by Gasteiger charge is 2.15. The zero-order valence-electron chi connectivity index (χ0n) is 15.7. The van der Waals surface area contributed by atoms with Crippen LogP contribution in [0.5, 0.6) is 0 Å². The minimum atomic E-state index is -0.466. The lowest BCUT2D eigenvalue weighted by Crippen LogP contribution is -2.09. The van der Waals surface area contributed by atoms with Crippen LogP contribution in [0.3, 0.4) is 0 Å². The normalized spacial score (nSPS) is 11.2. The first kappa shape index (κ1) is 18.8. The van der Waals surface area contributed by atoms with Gasteiger partial charge in [-0.1, -0.05) is 90.1 Å². The summed E-state index contributed by atoms with van der Waals surface area (Å²) in [6.07, 6.45) is 0.592. The van der Waals surface area contributed by atoms with Gasteiger partial charge in [0.1, 0.15) is 5.71 Å². The van der Waals surface area contributed by atoms with Crippen molar-refractivity contribution in [3.05, 3.63) is 118 Å². The average molecular weight is 397 g/mol. The molecule has 0 saturated heterocycles. The molecule has 29 heavy (non-hydrogen) atoms. The topological polar surface area (TPSA) is 38.7 Å². The summed E-state index contributed by atoms with van der Waals surface area (Å²) >= 11 is 1.58. The molecule has 3 aromatic carbocycles. The zero-order chi connectivity index (χ0) is 19.9. The molecular weight excluding hydrogens is 378 g/mol. The number of carbonyl (C=O) groups is 1. The summed E-state index contributed by atoms with van der Waals surface area (Å²) in [5.74, 6) is -0.466. The van der Waals surface area contributed by atoms with E-state index in [1.807, 2.05) is 96.4 Å². The summed E-state index contributed by atoms with van der Waals surface area (Å²) in [6.45, 7) is 0. The van der Waals surface area contributed by atoms with E-state index in [0.717, 1.165) is 27.3 Å². The number of nitrogens with zero attached hydrogens (tertiary/aromatic N) is 1. The number of thiophene rings is 1. The van der Waals surface area contributed by atoms with Gasteiger partial charge in [0.15, 0.2) is 0 Å². The van der Waals surface area contributed by atoms with Crippen LogP contribution in [-0.2, 0) is 11.3 Å². The van der Waals surface area contributed by atoms with E-state index in [9.17, 15) is 4.79 Å². The predicted molar refractivity (Wildman–Crippen MR) is 118 cm³/mol. The summed E-state index contributed by atoms with van der Waals surface area (Å²) in [6, 6.07) is 31.2. The van der Waals surface area contributed by atoms with Crippen molar-refractivity contribution in [3.8, 4) is 11.1 Å². The first-order valence-corrected chi connectivity index (χ1v) is 10.2. The Hall–Kier alpha value is -3.50. The summed E-state index contributed by atoms with van der Waals surface area (Å²) in [5.41, 5.74) is 4.13. The van der Waals surface area contributed by atoms with Crippen LogP contribution in [0.1, 0.15) is 20.8 Å². The maximum atomic E-state index is 12.8. The van der Waals surface area contributed by atoms with E-state index in [0.29, 0.717) is 12.0 Å². The van der Waals surface area contributed by atoms with E-state index in [1.54, 1.807) is 17.4 Å². The summed E-state index contributed by atoms with van der Waals surface area (Å²) in [4.78, 5) is 19.2. The molecule has 142 valence electrons. The Labute approximate surface area is 173 Å². The first-order chi connectivity index (χ1) is 14.3. The Morgan fingerprint density at radius 2 is 1.48 bits per heavy atom. The van der Waals surface area contributed by atoms with E-state index in [4.69, 9.17) is 4.84 Å². The molecular formula is C25H19NO2S. The fourth-order valence-electron chi connectivity index (χ4n) is 3.07. The molecule has 0 atom stereocenters. The van der Waals surface area contributed by atoms with Gasteiger partial charge >= 0.3 is 5.97 Å². The van der Waals surface area contributed by atoms with Crippen LogP contribution in [-0.4, -0.2) is 11.7 Å². The maximum Gasteiger partial charge on any atom is 0.366 e. The highest BCUT2D eigenvalue weighted by Crippen LogP contribution is 2.24. The Morgan fingerprint density at radius 1 is 0.793 bits per heavy atom. The van der Waals surface area contributed by atoms with Crippen LogP contribution in [0.25, 0.3) is 11.1 Å². The predicted octanol–water partition coefficient (Wildman–Crippen LogP) is 6.22. The molecule has 0 amide bonds. The van der Waals surface area contributed by atoms with Crippen LogP contribution in [0.15, 0.2) is 108 Å². The molecule has 0 radical (unpaired) electrons. The summed E-state index contributed by atoms with van der Waals surface area (Å²) < 4.78 is 0. The van der Waals surface area contributed by atoms with Crippen molar-refractivity contribution >= 4 is 23.0 Å². The highest BCUT2D eigenvalue weighted by atomic mass is 32.1. The molecule has 0 unspecified atom stereocenters. The third kappa shape index (κ3) is 4.68. The van der Waals surface area contributed by atoms with Crippen molar-refractivity contribution in [1.82, 2.24) is 0 Å². The Kier molecular flexibility index (Phi) is 5.93. The standard InChI is InChI=1S/C25H19NO2S/c27-25(22-15-8-7-14-21(22)20-12-5-2-6-13-20)28-26-23(24-16-9-17-29-24)18-19-10-3-1-4-11-19/h1-17H,18H2/b26-23+. The van der Waals surface area contributed by atoms with Crippen molar-refractivity contribution in [3.63, 3.8) is 0 Å². The zero-order valence-corrected chi connectivity index (χ0v) is 16.5. The molecule has 0 fully saturated rings. The second kappa shape index (κ2) is 9.13. The minimum Gasteiger partial charge on any atom is -0.312 e. The number of hydrogen-bond donors (Lipinski definition) is 0. The quantitative estimate of drug-likeness (QED) is 0.220. The number of benzene rings is 3. The summed E-state index contributed by atoms with van der Waals surface area (Å²) in [5, 5.41) is 6.24. The first-order valence-electron chi connectivity index (χ1n) is 9.32. The van der Waals surface area contributed by atoms with Gasteiger partial charge in [0.05, 0.1) is 10.4 Å². The van der Waals surface area contributed by atoms with Crippen molar-refractivity contribution in [1.29, 1.82) is 0 Å². The molecule has 3 nitrogen and oxygen atoms in total. The molecule has 4 aromatic rings. The van der Waals surface area contributed by atoms with Gasteiger partial charge in [0.25, 0.3) is 0 Å². The van der Waals surface area contributed by atoms with Gasteiger partial charge in [0.2, 0.25) is 0 Å². The van der Waals surface area contributed by atoms with E-state index in [1.165, 1.54) is 0 Å². The fraction of sp³-hybridized carbons (Fsp3) is 0.0400. The largest absolute Gasteiger partial charge is 0.366 e. The summed E-state index contributed by atoms with van der Waals surface area (Å²) in [7, 11) is 0. The lowest BCUT2D eigenvalue weighted by atomic mass is 10.00. The van der Waals surface area contributed by atoms with Crippen LogP contribution in [0.4, 0.5) is 0 Å². The van der Waals surface area contributed by atoms with Gasteiger partial charge in [-0.25, -0.2) is 4.79 Å². The molecule has 0 N–H and O–H groups in total. The van der Waals surface area contributed by atoms with Crippen LogP contribution < -0.4 is 0 Å². The van der Waals surface area contributed by atoms with Gasteiger partial charge in [-0.2, -0.15) is 0 Å². The van der Waals surface area contributed by atoms with Gasteiger partial charge in [-0.3, -0.25) is 0 Å². The van der Waals surface area contributed by atoms with Gasteiger partial charge in [-0.15, -0.1) is 11.3 Å². The van der Waals surface area contributed by atoms with E-state index in [2.05, 4.69) is 5.16 Å². The Balaban J connectivity index is 1.61. The van der Waals surface area contributed by atoms with E-state index < -0.39 is 5.97 Å². The van der Waals surface area contributed by atoms with Gasteiger partial charge in [-0.05, 0) is 34.2 Å². The highest BCUT2D eigenvalue weighted by molar-refractivity contribution is 7.12. The second-order valence-electron chi connectivity index (χ2n) is 6.47. The lowest BCUT2D eigenvalue weighted by Gasteiger charge is -2.08. The van der Waals surface area contributed by atoms with Crippen molar-refractivity contribution in [2.24, 2.45) is 5.16 Å². The maximum absolute atomic E-state index is 12.8. The van der Waals surface area contributed by atoms with Crippen molar-refractivity contribution in [2.75, 3.05) is 0 Å². The third-order valence-electron chi connectivity index (χ3n) is 4.49. The molecule has 0 spiro atoms. The Morgan fingerprint density at radius 3 is 2.21 bits per heavy atom. The second-order valence-corrected chi connectivity index (χ2v) is 7.42. The monoisotopic (exact) mass is 397 g/mol. The lowest BCUT2D eigenvalue weighted by molar-refractivity contribution is 0.0517. The number of hydrogen-bond acceptors (Lipinski definition) is 4. The third-order valence-corrected chi connectivity index (χ3v) is 5.41.